The highest BCUT2D eigenvalue weighted by Gasteiger charge is 2.26. The van der Waals surface area contributed by atoms with Gasteiger partial charge in [0.2, 0.25) is 10.0 Å². The van der Waals surface area contributed by atoms with Gasteiger partial charge in [-0.15, -0.1) is 0 Å². The van der Waals surface area contributed by atoms with Gasteiger partial charge in [-0.05, 0) is 35.9 Å². The standard InChI is InChI=1S/C18H18ClNO6S/c19-14-4-5-17(21)16(11-14)18(22)26-12-13-2-1-3-15(10-13)27(23,24)20-6-8-25-9-7-20/h1-5,10-11,21H,6-9,12H2. The van der Waals surface area contributed by atoms with Crippen LogP contribution in [0.4, 0.5) is 0 Å². The molecule has 1 saturated heterocycles. The molecule has 1 aliphatic heterocycles. The number of carbonyl (C=O) groups is 1. The molecule has 2 aromatic rings. The molecular formula is C18H18ClNO6S. The number of nitrogens with zero attached hydrogens (tertiary/aromatic N) is 1. The molecule has 0 aliphatic carbocycles. The number of esters is 1. The first-order valence-electron chi connectivity index (χ1n) is 8.20. The summed E-state index contributed by atoms with van der Waals surface area (Å²) in [6.45, 7) is 1.18. The Hall–Kier alpha value is -2.13. The third-order valence-electron chi connectivity index (χ3n) is 4.05. The van der Waals surface area contributed by atoms with Crippen LogP contribution in [0.15, 0.2) is 47.4 Å². The quantitative estimate of drug-likeness (QED) is 0.759. The van der Waals surface area contributed by atoms with E-state index in [-0.39, 0.29) is 22.8 Å². The third-order valence-corrected chi connectivity index (χ3v) is 6.18. The van der Waals surface area contributed by atoms with Crippen LogP contribution in [-0.2, 0) is 26.1 Å². The van der Waals surface area contributed by atoms with Gasteiger partial charge < -0.3 is 14.6 Å². The second-order valence-corrected chi connectivity index (χ2v) is 8.28. The van der Waals surface area contributed by atoms with Crippen molar-refractivity contribution in [3.63, 3.8) is 0 Å². The van der Waals surface area contributed by atoms with Crippen molar-refractivity contribution >= 4 is 27.6 Å². The smallest absolute Gasteiger partial charge is 0.342 e. The fourth-order valence-electron chi connectivity index (χ4n) is 2.63. The van der Waals surface area contributed by atoms with Gasteiger partial charge in [0.25, 0.3) is 0 Å². The third kappa shape index (κ3) is 4.59. The van der Waals surface area contributed by atoms with Gasteiger partial charge in [0.15, 0.2) is 0 Å². The van der Waals surface area contributed by atoms with Gasteiger partial charge in [0.1, 0.15) is 17.9 Å². The number of hydrogen-bond acceptors (Lipinski definition) is 6. The normalized spacial score (nSPS) is 15.4. The van der Waals surface area contributed by atoms with Crippen LogP contribution in [0.3, 0.4) is 0 Å². The average molecular weight is 412 g/mol. The van der Waals surface area contributed by atoms with Crippen molar-refractivity contribution in [1.29, 1.82) is 0 Å². The molecule has 1 fully saturated rings. The van der Waals surface area contributed by atoms with Crippen LogP contribution in [0.2, 0.25) is 5.02 Å². The van der Waals surface area contributed by atoms with Crippen molar-refractivity contribution < 1.29 is 27.8 Å². The van der Waals surface area contributed by atoms with Crippen LogP contribution in [0, 0.1) is 0 Å². The molecule has 144 valence electrons. The average Bonchev–Trinajstić information content (AvgIpc) is 2.69. The minimum absolute atomic E-state index is 0.0559. The maximum absolute atomic E-state index is 12.7. The number of hydrogen-bond donors (Lipinski definition) is 1. The van der Waals surface area contributed by atoms with E-state index in [1.54, 1.807) is 12.1 Å². The van der Waals surface area contributed by atoms with Crippen LogP contribution < -0.4 is 0 Å². The van der Waals surface area contributed by atoms with Crippen molar-refractivity contribution in [1.82, 2.24) is 4.31 Å². The SMILES string of the molecule is O=C(OCc1cccc(S(=O)(=O)N2CCOCC2)c1)c1cc(Cl)ccc1O. The Kier molecular flexibility index (Phi) is 6.01. The second kappa shape index (κ2) is 8.26. The van der Waals surface area contributed by atoms with Crippen LogP contribution in [-0.4, -0.2) is 50.1 Å². The van der Waals surface area contributed by atoms with E-state index in [2.05, 4.69) is 0 Å². The van der Waals surface area contributed by atoms with Gasteiger partial charge >= 0.3 is 5.97 Å². The molecule has 0 atom stereocenters. The van der Waals surface area contributed by atoms with Crippen LogP contribution in [0.5, 0.6) is 5.75 Å². The Labute approximate surface area is 162 Å². The Morgan fingerprint density at radius 1 is 1.19 bits per heavy atom. The van der Waals surface area contributed by atoms with Gasteiger partial charge in [-0.2, -0.15) is 4.31 Å². The lowest BCUT2D eigenvalue weighted by Crippen LogP contribution is -2.40. The number of rotatable bonds is 5. The summed E-state index contributed by atoms with van der Waals surface area (Å²) in [4.78, 5) is 12.3. The van der Waals surface area contributed by atoms with Gasteiger partial charge in [0, 0.05) is 18.1 Å². The predicted molar refractivity (Wildman–Crippen MR) is 98.3 cm³/mol. The van der Waals surface area contributed by atoms with Crippen molar-refractivity contribution in [2.75, 3.05) is 26.3 Å². The number of benzene rings is 2. The number of carbonyl (C=O) groups excluding carboxylic acids is 1. The van der Waals surface area contributed by atoms with Crippen molar-refractivity contribution in [2.45, 2.75) is 11.5 Å². The first kappa shape index (κ1) is 19.6. The van der Waals surface area contributed by atoms with Gasteiger partial charge in [0.05, 0.1) is 18.1 Å². The van der Waals surface area contributed by atoms with Crippen molar-refractivity contribution in [3.8, 4) is 5.75 Å². The summed E-state index contributed by atoms with van der Waals surface area (Å²) in [5.41, 5.74) is 0.457. The number of ether oxygens (including phenoxy) is 2. The maximum Gasteiger partial charge on any atom is 0.342 e. The minimum atomic E-state index is -3.63. The topological polar surface area (TPSA) is 93.1 Å². The summed E-state index contributed by atoms with van der Waals surface area (Å²) in [5, 5.41) is 10.0. The van der Waals surface area contributed by atoms with Crippen LogP contribution in [0.1, 0.15) is 15.9 Å². The van der Waals surface area contributed by atoms with Crippen LogP contribution in [0.25, 0.3) is 0 Å². The van der Waals surface area contributed by atoms with E-state index in [0.717, 1.165) is 0 Å². The Morgan fingerprint density at radius 2 is 1.93 bits per heavy atom. The molecule has 0 unspecified atom stereocenters. The number of halogens is 1. The summed E-state index contributed by atoms with van der Waals surface area (Å²) < 4.78 is 37.1. The Bertz CT molecular complexity index is 941. The summed E-state index contributed by atoms with van der Waals surface area (Å²) >= 11 is 5.82. The Morgan fingerprint density at radius 3 is 2.67 bits per heavy atom. The molecule has 0 spiro atoms. The van der Waals surface area contributed by atoms with E-state index in [1.807, 2.05) is 0 Å². The van der Waals surface area contributed by atoms with Crippen molar-refractivity contribution in [3.05, 3.63) is 58.6 Å². The zero-order chi connectivity index (χ0) is 19.4. The molecule has 1 aliphatic rings. The molecule has 0 aromatic heterocycles. The lowest BCUT2D eigenvalue weighted by Gasteiger charge is -2.26. The number of morpholine rings is 1. The largest absolute Gasteiger partial charge is 0.507 e. The highest BCUT2D eigenvalue weighted by molar-refractivity contribution is 7.89. The minimum Gasteiger partial charge on any atom is -0.507 e. The summed E-state index contributed by atoms with van der Waals surface area (Å²) in [6.07, 6.45) is 0. The molecule has 0 radical (unpaired) electrons. The molecule has 2 aromatic carbocycles. The van der Waals surface area contributed by atoms with E-state index in [1.165, 1.54) is 34.6 Å². The fourth-order valence-corrected chi connectivity index (χ4v) is 4.28. The molecular weight excluding hydrogens is 394 g/mol. The number of phenols is 1. The number of aromatic hydroxyl groups is 1. The predicted octanol–water partition coefficient (Wildman–Crippen LogP) is 2.42. The first-order valence-corrected chi connectivity index (χ1v) is 10.0. The molecule has 0 saturated carbocycles. The molecule has 9 heteroatoms. The van der Waals surface area contributed by atoms with E-state index < -0.39 is 16.0 Å². The molecule has 1 N–H and O–H groups in total. The molecule has 27 heavy (non-hydrogen) atoms. The van der Waals surface area contributed by atoms with E-state index >= 15 is 0 Å². The first-order chi connectivity index (χ1) is 12.9. The summed E-state index contributed by atoms with van der Waals surface area (Å²) in [7, 11) is -3.63. The maximum atomic E-state index is 12.7. The zero-order valence-electron chi connectivity index (χ0n) is 14.3. The van der Waals surface area contributed by atoms with Crippen LogP contribution >= 0.6 is 11.6 Å². The van der Waals surface area contributed by atoms with E-state index in [4.69, 9.17) is 21.1 Å². The highest BCUT2D eigenvalue weighted by atomic mass is 35.5. The monoisotopic (exact) mass is 411 g/mol. The van der Waals surface area contributed by atoms with E-state index in [0.29, 0.717) is 36.9 Å². The van der Waals surface area contributed by atoms with E-state index in [9.17, 15) is 18.3 Å². The lowest BCUT2D eigenvalue weighted by molar-refractivity contribution is 0.0469. The van der Waals surface area contributed by atoms with Gasteiger partial charge in [-0.3, -0.25) is 0 Å². The molecule has 1 heterocycles. The number of phenolic OH excluding ortho intramolecular Hbond substituents is 1. The second-order valence-electron chi connectivity index (χ2n) is 5.90. The lowest BCUT2D eigenvalue weighted by atomic mass is 10.2. The summed E-state index contributed by atoms with van der Waals surface area (Å²) in [5.74, 6) is -0.996. The van der Waals surface area contributed by atoms with Crippen molar-refractivity contribution in [2.24, 2.45) is 0 Å². The molecule has 0 amide bonds. The molecule has 7 nitrogen and oxygen atoms in total. The highest BCUT2D eigenvalue weighted by Crippen LogP contribution is 2.23. The molecule has 3 rings (SSSR count). The van der Waals surface area contributed by atoms with Gasteiger partial charge in [-0.25, -0.2) is 13.2 Å². The van der Waals surface area contributed by atoms with Gasteiger partial charge in [-0.1, -0.05) is 23.7 Å². The summed E-state index contributed by atoms with van der Waals surface area (Å²) in [6, 6.07) is 10.3. The number of sulfonamides is 1. The Balaban J connectivity index is 1.72. The molecule has 0 bridgehead atoms. The fraction of sp³-hybridized carbons (Fsp3) is 0.278. The zero-order valence-corrected chi connectivity index (χ0v) is 15.9.